The van der Waals surface area contributed by atoms with E-state index in [1.54, 1.807) is 7.11 Å². The van der Waals surface area contributed by atoms with E-state index in [4.69, 9.17) is 14.5 Å². The van der Waals surface area contributed by atoms with Crippen LogP contribution in [-0.2, 0) is 15.9 Å². The molecule has 1 saturated heterocycles. The van der Waals surface area contributed by atoms with Crippen LogP contribution in [0, 0.1) is 0 Å². The standard InChI is InChI=1S/C17H32N6O2S.HI/c1-4-15-20-17(26-21-15)23-10-8-22(9-11-23)16(18-5-2)19-7-6-12-25-14-13-24-3;/h4-14H2,1-3H3,(H,18,19);1H. The fraction of sp³-hybridized carbons (Fsp3) is 0.824. The highest BCUT2D eigenvalue weighted by atomic mass is 127. The van der Waals surface area contributed by atoms with Crippen LogP contribution in [0.25, 0.3) is 0 Å². The van der Waals surface area contributed by atoms with Crippen molar-refractivity contribution in [1.29, 1.82) is 0 Å². The number of hydrogen-bond donors (Lipinski definition) is 1. The monoisotopic (exact) mass is 512 g/mol. The third-order valence-electron chi connectivity index (χ3n) is 4.10. The Labute approximate surface area is 183 Å². The lowest BCUT2D eigenvalue weighted by Crippen LogP contribution is -2.52. The summed E-state index contributed by atoms with van der Waals surface area (Å²) in [4.78, 5) is 14.0. The third kappa shape index (κ3) is 8.44. The number of guanidine groups is 1. The van der Waals surface area contributed by atoms with Crippen molar-refractivity contribution in [3.8, 4) is 0 Å². The van der Waals surface area contributed by atoms with Gasteiger partial charge in [-0.2, -0.15) is 4.37 Å². The van der Waals surface area contributed by atoms with Gasteiger partial charge in [0.1, 0.15) is 5.82 Å². The van der Waals surface area contributed by atoms with Crippen LogP contribution >= 0.6 is 35.5 Å². The van der Waals surface area contributed by atoms with Gasteiger partial charge in [0.05, 0.1) is 13.2 Å². The number of ether oxygens (including phenoxy) is 2. The lowest BCUT2D eigenvalue weighted by molar-refractivity contribution is 0.0702. The maximum absolute atomic E-state index is 5.49. The van der Waals surface area contributed by atoms with E-state index in [0.717, 1.165) is 75.6 Å². The van der Waals surface area contributed by atoms with E-state index in [-0.39, 0.29) is 24.0 Å². The molecule has 8 nitrogen and oxygen atoms in total. The van der Waals surface area contributed by atoms with Gasteiger partial charge in [0.15, 0.2) is 5.96 Å². The maximum atomic E-state index is 5.49. The van der Waals surface area contributed by atoms with Gasteiger partial charge < -0.3 is 24.6 Å². The number of halogens is 1. The molecular formula is C17H33IN6O2S. The van der Waals surface area contributed by atoms with Crippen molar-refractivity contribution in [2.45, 2.75) is 26.7 Å². The molecule has 1 N–H and O–H groups in total. The number of nitrogens with one attached hydrogen (secondary N) is 1. The number of rotatable bonds is 10. The normalized spacial score (nSPS) is 15.0. The van der Waals surface area contributed by atoms with Crippen LogP contribution in [0.4, 0.5) is 5.13 Å². The first kappa shape index (κ1) is 24.3. The Kier molecular flexibility index (Phi) is 12.9. The lowest BCUT2D eigenvalue weighted by atomic mass is 10.3. The Morgan fingerprint density at radius 2 is 1.96 bits per heavy atom. The van der Waals surface area contributed by atoms with Crippen molar-refractivity contribution < 1.29 is 9.47 Å². The van der Waals surface area contributed by atoms with E-state index in [1.807, 2.05) is 0 Å². The number of anilines is 1. The molecule has 1 aliphatic rings. The first-order valence-corrected chi connectivity index (χ1v) is 10.2. The molecule has 0 bridgehead atoms. The van der Waals surface area contributed by atoms with Crippen LogP contribution in [0.1, 0.15) is 26.1 Å². The molecule has 0 aliphatic carbocycles. The Morgan fingerprint density at radius 3 is 2.59 bits per heavy atom. The summed E-state index contributed by atoms with van der Waals surface area (Å²) in [7, 11) is 1.68. The molecule has 0 unspecified atom stereocenters. The van der Waals surface area contributed by atoms with Crippen LogP contribution in [0.5, 0.6) is 0 Å². The minimum Gasteiger partial charge on any atom is -0.382 e. The topological polar surface area (TPSA) is 75.1 Å². The molecule has 0 amide bonds. The second-order valence-electron chi connectivity index (χ2n) is 6.02. The molecule has 1 aliphatic heterocycles. The number of nitrogens with zero attached hydrogens (tertiary/aromatic N) is 5. The molecule has 0 aromatic carbocycles. The van der Waals surface area contributed by atoms with Gasteiger partial charge in [-0.25, -0.2) is 4.98 Å². The molecule has 0 atom stereocenters. The molecule has 0 radical (unpaired) electrons. The highest BCUT2D eigenvalue weighted by molar-refractivity contribution is 14.0. The fourth-order valence-electron chi connectivity index (χ4n) is 2.65. The first-order chi connectivity index (χ1) is 12.8. The van der Waals surface area contributed by atoms with Crippen LogP contribution < -0.4 is 10.2 Å². The van der Waals surface area contributed by atoms with Gasteiger partial charge in [0.2, 0.25) is 5.13 Å². The number of hydrogen-bond acceptors (Lipinski definition) is 7. The van der Waals surface area contributed by atoms with Crippen LogP contribution in [0.15, 0.2) is 4.99 Å². The zero-order valence-corrected chi connectivity index (χ0v) is 19.8. The molecule has 1 fully saturated rings. The zero-order valence-electron chi connectivity index (χ0n) is 16.6. The highest BCUT2D eigenvalue weighted by Gasteiger charge is 2.21. The molecule has 0 saturated carbocycles. The third-order valence-corrected chi connectivity index (χ3v) is 4.91. The van der Waals surface area contributed by atoms with Gasteiger partial charge in [0.25, 0.3) is 0 Å². The summed E-state index contributed by atoms with van der Waals surface area (Å²) in [5.74, 6) is 1.94. The van der Waals surface area contributed by atoms with Crippen molar-refractivity contribution in [2.75, 3.05) is 71.1 Å². The van der Waals surface area contributed by atoms with Crippen molar-refractivity contribution >= 4 is 46.6 Å². The summed E-state index contributed by atoms with van der Waals surface area (Å²) >= 11 is 1.50. The number of aliphatic imine (C=N–C) groups is 1. The predicted molar refractivity (Wildman–Crippen MR) is 122 cm³/mol. The van der Waals surface area contributed by atoms with E-state index in [0.29, 0.717) is 13.2 Å². The molecule has 1 aromatic rings. The summed E-state index contributed by atoms with van der Waals surface area (Å²) in [6.45, 7) is 11.6. The van der Waals surface area contributed by atoms with Gasteiger partial charge in [-0.3, -0.25) is 4.99 Å². The summed E-state index contributed by atoms with van der Waals surface area (Å²) in [5, 5.41) is 4.44. The van der Waals surface area contributed by atoms with Crippen molar-refractivity contribution in [3.63, 3.8) is 0 Å². The highest BCUT2D eigenvalue weighted by Crippen LogP contribution is 2.19. The summed E-state index contributed by atoms with van der Waals surface area (Å²) in [6.07, 6.45) is 1.81. The minimum atomic E-state index is 0. The number of aryl methyl sites for hydroxylation is 1. The summed E-state index contributed by atoms with van der Waals surface area (Å²) in [6, 6.07) is 0. The largest absolute Gasteiger partial charge is 0.382 e. The fourth-order valence-corrected chi connectivity index (χ4v) is 3.45. The van der Waals surface area contributed by atoms with Gasteiger partial charge in [-0.05, 0) is 13.3 Å². The Balaban J connectivity index is 0.00000364. The Bertz CT molecular complexity index is 537. The smallest absolute Gasteiger partial charge is 0.205 e. The molecule has 27 heavy (non-hydrogen) atoms. The second-order valence-corrected chi connectivity index (χ2v) is 6.75. The molecule has 10 heteroatoms. The minimum absolute atomic E-state index is 0. The number of piperazine rings is 1. The molecule has 1 aromatic heterocycles. The molecule has 2 rings (SSSR count). The zero-order chi connectivity index (χ0) is 18.6. The number of methoxy groups -OCH3 is 1. The number of aromatic nitrogens is 2. The lowest BCUT2D eigenvalue weighted by Gasteiger charge is -2.36. The van der Waals surface area contributed by atoms with Crippen LogP contribution in [0.3, 0.4) is 0 Å². The van der Waals surface area contributed by atoms with E-state index < -0.39 is 0 Å². The van der Waals surface area contributed by atoms with Crippen molar-refractivity contribution in [1.82, 2.24) is 19.6 Å². The summed E-state index contributed by atoms with van der Waals surface area (Å²) in [5.41, 5.74) is 0. The molecular weight excluding hydrogens is 479 g/mol. The quantitative estimate of drug-likeness (QED) is 0.222. The summed E-state index contributed by atoms with van der Waals surface area (Å²) < 4.78 is 14.8. The SMILES string of the molecule is CCNC(=NCCCOCCOC)N1CCN(c2nc(CC)ns2)CC1.I. The first-order valence-electron chi connectivity index (χ1n) is 9.46. The average molecular weight is 512 g/mol. The maximum Gasteiger partial charge on any atom is 0.205 e. The van der Waals surface area contributed by atoms with Crippen LogP contribution in [-0.4, -0.2) is 86.4 Å². The average Bonchev–Trinajstić information content (AvgIpc) is 3.16. The van der Waals surface area contributed by atoms with Gasteiger partial charge in [-0.15, -0.1) is 24.0 Å². The Hall–Kier alpha value is -0.720. The Morgan fingerprint density at radius 1 is 1.19 bits per heavy atom. The van der Waals surface area contributed by atoms with Crippen LogP contribution in [0.2, 0.25) is 0 Å². The predicted octanol–water partition coefficient (Wildman–Crippen LogP) is 1.86. The van der Waals surface area contributed by atoms with Gasteiger partial charge in [-0.1, -0.05) is 6.92 Å². The molecule has 2 heterocycles. The van der Waals surface area contributed by atoms with Gasteiger partial charge >= 0.3 is 0 Å². The van der Waals surface area contributed by atoms with E-state index in [9.17, 15) is 0 Å². The molecule has 0 spiro atoms. The second kappa shape index (κ2) is 14.3. The van der Waals surface area contributed by atoms with E-state index in [2.05, 4.69) is 38.3 Å². The van der Waals surface area contributed by atoms with Gasteiger partial charge in [0, 0.05) is 70.9 Å². The molecule has 156 valence electrons. The van der Waals surface area contributed by atoms with Crippen molar-refractivity contribution in [3.05, 3.63) is 5.82 Å². The van der Waals surface area contributed by atoms with Crippen molar-refractivity contribution in [2.24, 2.45) is 4.99 Å². The van der Waals surface area contributed by atoms with E-state index in [1.165, 1.54) is 11.5 Å². The van der Waals surface area contributed by atoms with E-state index >= 15 is 0 Å².